The quantitative estimate of drug-likeness (QED) is 0.920. The Morgan fingerprint density at radius 2 is 2.19 bits per heavy atom. The van der Waals surface area contributed by atoms with Crippen molar-refractivity contribution in [3.8, 4) is 0 Å². The summed E-state index contributed by atoms with van der Waals surface area (Å²) in [4.78, 5) is 6.98. The van der Waals surface area contributed by atoms with E-state index in [0.29, 0.717) is 6.04 Å². The van der Waals surface area contributed by atoms with Gasteiger partial charge in [0.25, 0.3) is 0 Å². The monoisotopic (exact) mass is 301 g/mol. The lowest BCUT2D eigenvalue weighted by Crippen LogP contribution is -2.39. The molecule has 0 saturated carbocycles. The number of nitrogens with zero attached hydrogens (tertiary/aromatic N) is 2. The second-order valence-electron chi connectivity index (χ2n) is 5.72. The number of rotatable bonds is 5. The molecule has 3 rings (SSSR count). The third kappa shape index (κ3) is 4.63. The van der Waals surface area contributed by atoms with Crippen LogP contribution in [0.2, 0.25) is 0 Å². The lowest BCUT2D eigenvalue weighted by molar-refractivity contribution is 0.269. The fraction of sp³-hybridized carbons (Fsp3) is 0.471. The average molecular weight is 301 g/mol. The molecule has 2 heterocycles. The average Bonchev–Trinajstić information content (AvgIpc) is 2.93. The molecule has 4 heteroatoms. The minimum atomic E-state index is 0.560. The maximum Gasteiger partial charge on any atom is 0.0794 e. The highest BCUT2D eigenvalue weighted by Gasteiger charge is 2.17. The van der Waals surface area contributed by atoms with E-state index in [4.69, 9.17) is 0 Å². The van der Waals surface area contributed by atoms with Gasteiger partial charge in [0.15, 0.2) is 0 Å². The summed E-state index contributed by atoms with van der Waals surface area (Å²) in [5, 5.41) is 5.86. The third-order valence-corrected chi connectivity index (χ3v) is 4.69. The van der Waals surface area contributed by atoms with Crippen molar-refractivity contribution in [1.82, 2.24) is 15.2 Å². The molecule has 0 aliphatic carbocycles. The van der Waals surface area contributed by atoms with Crippen LogP contribution in [-0.2, 0) is 12.8 Å². The molecule has 0 spiro atoms. The van der Waals surface area contributed by atoms with Crippen LogP contribution in [0.3, 0.4) is 0 Å². The second kappa shape index (κ2) is 7.69. The van der Waals surface area contributed by atoms with E-state index in [1.165, 1.54) is 24.2 Å². The molecule has 112 valence electrons. The smallest absolute Gasteiger partial charge is 0.0794 e. The van der Waals surface area contributed by atoms with Crippen molar-refractivity contribution >= 4 is 11.3 Å². The first kappa shape index (κ1) is 14.7. The molecule has 1 aromatic heterocycles. The molecule has 21 heavy (non-hydrogen) atoms. The highest BCUT2D eigenvalue weighted by molar-refractivity contribution is 7.07. The molecule has 0 amide bonds. The summed E-state index contributed by atoms with van der Waals surface area (Å²) in [7, 11) is 0. The predicted molar refractivity (Wildman–Crippen MR) is 88.8 cm³/mol. The van der Waals surface area contributed by atoms with Gasteiger partial charge in [0.1, 0.15) is 0 Å². The van der Waals surface area contributed by atoms with Gasteiger partial charge in [-0.2, -0.15) is 0 Å². The van der Waals surface area contributed by atoms with Crippen molar-refractivity contribution in [2.24, 2.45) is 0 Å². The summed E-state index contributed by atoms with van der Waals surface area (Å²) < 4.78 is 0. The van der Waals surface area contributed by atoms with Gasteiger partial charge in [-0.1, -0.05) is 30.3 Å². The minimum absolute atomic E-state index is 0.560. The Morgan fingerprint density at radius 1 is 1.29 bits per heavy atom. The number of hydrogen-bond acceptors (Lipinski definition) is 4. The first-order chi connectivity index (χ1) is 10.4. The predicted octanol–water partition coefficient (Wildman–Crippen LogP) is 2.59. The molecule has 1 saturated heterocycles. The van der Waals surface area contributed by atoms with Crippen molar-refractivity contribution in [3.05, 3.63) is 52.5 Å². The fourth-order valence-electron chi connectivity index (χ4n) is 2.95. The number of thiazole rings is 1. The molecule has 0 bridgehead atoms. The van der Waals surface area contributed by atoms with E-state index in [2.05, 4.69) is 50.9 Å². The molecule has 0 radical (unpaired) electrons. The second-order valence-corrected chi connectivity index (χ2v) is 6.44. The Hall–Kier alpha value is -1.23. The van der Waals surface area contributed by atoms with Crippen molar-refractivity contribution in [1.29, 1.82) is 0 Å². The number of hydrogen-bond donors (Lipinski definition) is 1. The maximum atomic E-state index is 4.39. The zero-order chi connectivity index (χ0) is 14.3. The lowest BCUT2D eigenvalue weighted by atomic mass is 10.1. The molecule has 2 aromatic rings. The van der Waals surface area contributed by atoms with Gasteiger partial charge in [-0.25, -0.2) is 4.98 Å². The normalized spacial score (nSPS) is 20.3. The number of aromatic nitrogens is 1. The summed E-state index contributed by atoms with van der Waals surface area (Å²) in [6.07, 6.45) is 3.43. The van der Waals surface area contributed by atoms with E-state index in [1.54, 1.807) is 11.3 Å². The Kier molecular flexibility index (Phi) is 5.38. The Bertz CT molecular complexity index is 512. The van der Waals surface area contributed by atoms with Crippen LogP contribution in [0, 0.1) is 0 Å². The van der Waals surface area contributed by atoms with Gasteiger partial charge in [-0.3, -0.25) is 0 Å². The zero-order valence-corrected chi connectivity index (χ0v) is 13.2. The van der Waals surface area contributed by atoms with Crippen molar-refractivity contribution in [3.63, 3.8) is 0 Å². The first-order valence-corrected chi connectivity index (χ1v) is 8.71. The fourth-order valence-corrected chi connectivity index (χ4v) is 3.54. The molecule has 1 N–H and O–H groups in total. The van der Waals surface area contributed by atoms with E-state index in [1.807, 2.05) is 5.51 Å². The molecular weight excluding hydrogens is 278 g/mol. The van der Waals surface area contributed by atoms with Crippen LogP contribution in [0.15, 0.2) is 41.2 Å². The summed E-state index contributed by atoms with van der Waals surface area (Å²) in [5.74, 6) is 0. The van der Waals surface area contributed by atoms with E-state index in [9.17, 15) is 0 Å². The molecule has 1 aromatic carbocycles. The Labute approximate surface area is 131 Å². The highest BCUT2D eigenvalue weighted by atomic mass is 32.1. The van der Waals surface area contributed by atoms with Crippen LogP contribution in [-0.4, -0.2) is 42.1 Å². The van der Waals surface area contributed by atoms with Gasteiger partial charge in [0, 0.05) is 30.9 Å². The number of nitrogens with one attached hydrogen (secondary N) is 1. The zero-order valence-electron chi connectivity index (χ0n) is 12.4. The maximum absolute atomic E-state index is 4.39. The van der Waals surface area contributed by atoms with E-state index < -0.39 is 0 Å². The Morgan fingerprint density at radius 3 is 3.00 bits per heavy atom. The van der Waals surface area contributed by atoms with Crippen LogP contribution in [0.5, 0.6) is 0 Å². The van der Waals surface area contributed by atoms with Crippen LogP contribution < -0.4 is 5.32 Å². The molecule has 1 aliphatic rings. The summed E-state index contributed by atoms with van der Waals surface area (Å²) in [6, 6.07) is 11.4. The molecule has 1 unspecified atom stereocenters. The third-order valence-electron chi connectivity index (χ3n) is 4.06. The topological polar surface area (TPSA) is 28.2 Å². The molecular formula is C17H23N3S. The van der Waals surface area contributed by atoms with Crippen LogP contribution in [0.1, 0.15) is 17.7 Å². The SMILES string of the molecule is c1ccc(CC2CN(CCc3cscn3)CCCN2)cc1. The van der Waals surface area contributed by atoms with Gasteiger partial charge in [-0.05, 0) is 31.5 Å². The minimum Gasteiger partial charge on any atom is -0.312 e. The summed E-state index contributed by atoms with van der Waals surface area (Å²) in [5.41, 5.74) is 4.59. The standard InChI is InChI=1S/C17H23N3S/c1-2-5-15(6-3-1)11-17-12-20(9-4-8-18-17)10-7-16-13-21-14-19-16/h1-3,5-6,13-14,17-18H,4,7-12H2. The van der Waals surface area contributed by atoms with Crippen LogP contribution in [0.25, 0.3) is 0 Å². The van der Waals surface area contributed by atoms with Crippen LogP contribution in [0.4, 0.5) is 0 Å². The van der Waals surface area contributed by atoms with Gasteiger partial charge < -0.3 is 10.2 Å². The number of benzene rings is 1. The van der Waals surface area contributed by atoms with Gasteiger partial charge in [0.2, 0.25) is 0 Å². The van der Waals surface area contributed by atoms with E-state index in [0.717, 1.165) is 32.5 Å². The van der Waals surface area contributed by atoms with E-state index in [-0.39, 0.29) is 0 Å². The molecule has 1 aliphatic heterocycles. The van der Waals surface area contributed by atoms with Gasteiger partial charge in [0.05, 0.1) is 11.2 Å². The first-order valence-electron chi connectivity index (χ1n) is 7.77. The van der Waals surface area contributed by atoms with Crippen molar-refractivity contribution < 1.29 is 0 Å². The molecule has 3 nitrogen and oxygen atoms in total. The van der Waals surface area contributed by atoms with E-state index >= 15 is 0 Å². The van der Waals surface area contributed by atoms with Gasteiger partial charge in [-0.15, -0.1) is 11.3 Å². The molecule has 1 fully saturated rings. The summed E-state index contributed by atoms with van der Waals surface area (Å²) in [6.45, 7) is 4.59. The van der Waals surface area contributed by atoms with Crippen molar-refractivity contribution in [2.75, 3.05) is 26.2 Å². The van der Waals surface area contributed by atoms with Crippen molar-refractivity contribution in [2.45, 2.75) is 25.3 Å². The highest BCUT2D eigenvalue weighted by Crippen LogP contribution is 2.09. The Balaban J connectivity index is 1.53. The van der Waals surface area contributed by atoms with Crippen LogP contribution >= 0.6 is 11.3 Å². The lowest BCUT2D eigenvalue weighted by Gasteiger charge is -2.24. The largest absolute Gasteiger partial charge is 0.312 e. The summed E-state index contributed by atoms with van der Waals surface area (Å²) >= 11 is 1.69. The van der Waals surface area contributed by atoms with Gasteiger partial charge >= 0.3 is 0 Å². The molecule has 1 atom stereocenters.